The maximum absolute atomic E-state index is 13.6. The number of carboxylic acid groups (broad SMARTS) is 1. The van der Waals surface area contributed by atoms with Crippen molar-refractivity contribution < 1.29 is 36.6 Å². The Bertz CT molecular complexity index is 1060. The molecule has 0 bridgehead atoms. The van der Waals surface area contributed by atoms with Crippen LogP contribution in [-0.4, -0.2) is 67.9 Å². The van der Waals surface area contributed by atoms with Crippen LogP contribution in [0.1, 0.15) is 18.1 Å². The summed E-state index contributed by atoms with van der Waals surface area (Å²) in [4.78, 5) is 23.1. The summed E-state index contributed by atoms with van der Waals surface area (Å²) in [5.41, 5.74) is -0.308. The number of rotatable bonds is 6. The van der Waals surface area contributed by atoms with E-state index in [0.29, 0.717) is 0 Å². The van der Waals surface area contributed by atoms with E-state index >= 15 is 0 Å². The van der Waals surface area contributed by atoms with Crippen LogP contribution in [0.15, 0.2) is 47.4 Å². The fraction of sp³-hybridized carbons (Fsp3) is 0.158. The molecular weight excluding hydrogens is 417 g/mol. The van der Waals surface area contributed by atoms with Crippen molar-refractivity contribution in [3.63, 3.8) is 0 Å². The number of benzene rings is 2. The predicted octanol–water partition coefficient (Wildman–Crippen LogP) is 2.28. The number of aliphatic carboxylic acids is 1. The third-order valence-corrected chi connectivity index (χ3v) is 4.90. The summed E-state index contributed by atoms with van der Waals surface area (Å²) in [5.74, 6) is -4.52. The monoisotopic (exact) mass is 434 g/mol. The summed E-state index contributed by atoms with van der Waals surface area (Å²) < 4.78 is 55.0. The van der Waals surface area contributed by atoms with Crippen LogP contribution in [0.2, 0.25) is 0 Å². The summed E-state index contributed by atoms with van der Waals surface area (Å²) in [6.07, 6.45) is 1.02. The molecule has 29 heavy (non-hydrogen) atoms. The molecule has 0 aliphatic heterocycles. The van der Waals surface area contributed by atoms with Crippen molar-refractivity contribution in [3.05, 3.63) is 65.2 Å². The Morgan fingerprint density at radius 3 is 2.00 bits per heavy atom. The average molecular weight is 434 g/mol. The van der Waals surface area contributed by atoms with Crippen molar-refractivity contribution in [3.8, 4) is 0 Å². The fourth-order valence-corrected chi connectivity index (χ4v) is 3.09. The van der Waals surface area contributed by atoms with Crippen LogP contribution in [0.5, 0.6) is 0 Å². The van der Waals surface area contributed by atoms with Gasteiger partial charge < -0.3 is 9.84 Å². The standard InChI is InChI=1S/C19H16F2O6S.Na.H/c1-11(22)27-10-15(12-3-6-14(7-4-12)28(2,25)26)18(19(23)24)13-5-8-16(20)17(21)9-13;;/h3-9H,10H2,1-2H3,(H,23,24);;/b18-15+;;. The van der Waals surface area contributed by atoms with Crippen molar-refractivity contribution in [2.24, 2.45) is 0 Å². The first-order chi connectivity index (χ1) is 13.0. The molecule has 150 valence electrons. The third-order valence-electron chi connectivity index (χ3n) is 3.77. The van der Waals surface area contributed by atoms with Gasteiger partial charge in [-0.15, -0.1) is 0 Å². The number of carbonyl (C=O) groups is 2. The van der Waals surface area contributed by atoms with Gasteiger partial charge in [-0.1, -0.05) is 18.2 Å². The molecule has 0 amide bonds. The third kappa shape index (κ3) is 6.46. The molecular formula is C19H17F2NaO6S. The molecule has 0 spiro atoms. The van der Waals surface area contributed by atoms with Crippen molar-refractivity contribution in [2.75, 3.05) is 12.9 Å². The number of carboxylic acids is 1. The first-order valence-corrected chi connectivity index (χ1v) is 9.75. The quantitative estimate of drug-likeness (QED) is 0.324. The van der Waals surface area contributed by atoms with E-state index in [0.717, 1.165) is 31.4 Å². The van der Waals surface area contributed by atoms with E-state index in [2.05, 4.69) is 0 Å². The second-order valence-electron chi connectivity index (χ2n) is 5.86. The fourth-order valence-electron chi connectivity index (χ4n) is 2.46. The molecule has 0 radical (unpaired) electrons. The molecule has 0 unspecified atom stereocenters. The molecule has 2 aromatic carbocycles. The van der Waals surface area contributed by atoms with Crippen LogP contribution in [0, 0.1) is 11.6 Å². The van der Waals surface area contributed by atoms with Gasteiger partial charge in [0.15, 0.2) is 21.5 Å². The Morgan fingerprint density at radius 2 is 1.55 bits per heavy atom. The second-order valence-corrected chi connectivity index (χ2v) is 7.88. The number of halogens is 2. The van der Waals surface area contributed by atoms with Crippen LogP contribution in [0.25, 0.3) is 11.1 Å². The maximum atomic E-state index is 13.6. The van der Waals surface area contributed by atoms with Gasteiger partial charge in [-0.3, -0.25) is 4.79 Å². The number of sulfone groups is 1. The van der Waals surface area contributed by atoms with Gasteiger partial charge in [0, 0.05) is 18.8 Å². The van der Waals surface area contributed by atoms with E-state index in [1.165, 1.54) is 24.3 Å². The van der Waals surface area contributed by atoms with E-state index < -0.39 is 45.6 Å². The SMILES string of the molecule is CC(=O)OC/C(=C(\C(=O)O)c1ccc(F)c(F)c1)c1ccc(S(C)(=O)=O)cc1.[NaH]. The van der Waals surface area contributed by atoms with E-state index in [4.69, 9.17) is 4.74 Å². The van der Waals surface area contributed by atoms with Gasteiger partial charge >= 0.3 is 41.5 Å². The van der Waals surface area contributed by atoms with Crippen molar-refractivity contribution in [2.45, 2.75) is 11.8 Å². The first-order valence-electron chi connectivity index (χ1n) is 7.86. The van der Waals surface area contributed by atoms with E-state index in [9.17, 15) is 31.9 Å². The molecule has 0 heterocycles. The van der Waals surface area contributed by atoms with Gasteiger partial charge in [0.1, 0.15) is 6.61 Å². The van der Waals surface area contributed by atoms with Crippen molar-refractivity contribution in [1.29, 1.82) is 0 Å². The Labute approximate surface area is 188 Å². The number of carbonyl (C=O) groups excluding carboxylic acids is 1. The van der Waals surface area contributed by atoms with E-state index in [-0.39, 0.29) is 51.2 Å². The Morgan fingerprint density at radius 1 is 1.00 bits per heavy atom. The average Bonchev–Trinajstić information content (AvgIpc) is 2.60. The van der Waals surface area contributed by atoms with Crippen LogP contribution in [-0.2, 0) is 24.2 Å². The topological polar surface area (TPSA) is 97.7 Å². The van der Waals surface area contributed by atoms with Gasteiger partial charge in [0.2, 0.25) is 0 Å². The van der Waals surface area contributed by atoms with Crippen LogP contribution in [0.4, 0.5) is 8.78 Å². The zero-order chi connectivity index (χ0) is 21.1. The zero-order valence-corrected chi connectivity index (χ0v) is 15.7. The number of hydrogen-bond donors (Lipinski definition) is 1. The van der Waals surface area contributed by atoms with Gasteiger partial charge in [-0.2, -0.15) is 0 Å². The second kappa shape index (κ2) is 10.1. The molecule has 0 atom stereocenters. The van der Waals surface area contributed by atoms with Gasteiger partial charge in [-0.05, 0) is 35.4 Å². The van der Waals surface area contributed by atoms with Crippen molar-refractivity contribution in [1.82, 2.24) is 0 Å². The number of hydrogen-bond acceptors (Lipinski definition) is 5. The van der Waals surface area contributed by atoms with E-state index in [1.54, 1.807) is 0 Å². The molecule has 0 aliphatic carbocycles. The minimum atomic E-state index is -3.48. The molecule has 2 aromatic rings. The number of ether oxygens (including phenoxy) is 1. The molecule has 6 nitrogen and oxygen atoms in total. The molecule has 2 rings (SSSR count). The molecule has 0 aromatic heterocycles. The molecule has 10 heteroatoms. The number of esters is 1. The summed E-state index contributed by atoms with van der Waals surface area (Å²) in [7, 11) is -3.48. The summed E-state index contributed by atoms with van der Waals surface area (Å²) in [5, 5.41) is 9.66. The predicted molar refractivity (Wildman–Crippen MR) is 104 cm³/mol. The molecule has 1 N–H and O–H groups in total. The summed E-state index contributed by atoms with van der Waals surface area (Å²) >= 11 is 0. The van der Waals surface area contributed by atoms with Crippen LogP contribution >= 0.6 is 0 Å². The minimum absolute atomic E-state index is 0. The van der Waals surface area contributed by atoms with Gasteiger partial charge in [-0.25, -0.2) is 22.0 Å². The Balaban J connectivity index is 0.00000420. The molecule has 0 aliphatic rings. The summed E-state index contributed by atoms with van der Waals surface area (Å²) in [6.45, 7) is 0.663. The van der Waals surface area contributed by atoms with E-state index in [1.807, 2.05) is 0 Å². The van der Waals surface area contributed by atoms with Gasteiger partial charge in [0.25, 0.3) is 0 Å². The van der Waals surface area contributed by atoms with Crippen molar-refractivity contribution >= 4 is 62.5 Å². The van der Waals surface area contributed by atoms with Crippen LogP contribution < -0.4 is 0 Å². The molecule has 0 saturated carbocycles. The van der Waals surface area contributed by atoms with Gasteiger partial charge in [0.05, 0.1) is 10.5 Å². The zero-order valence-electron chi connectivity index (χ0n) is 14.9. The Kier molecular flexibility index (Phi) is 8.70. The first kappa shape index (κ1) is 25.0. The molecule has 0 fully saturated rings. The normalized spacial score (nSPS) is 11.9. The Hall–Kier alpha value is -2.07. The van der Waals surface area contributed by atoms with Crippen LogP contribution in [0.3, 0.4) is 0 Å². The molecule has 0 saturated heterocycles. The summed E-state index contributed by atoms with van der Waals surface area (Å²) in [6, 6.07) is 7.81.